The van der Waals surface area contributed by atoms with E-state index in [0.29, 0.717) is 10.2 Å². The molecule has 0 aliphatic rings. The number of carbonyl (C=O) groups excluding carboxylic acids is 1. The number of halogens is 1. The lowest BCUT2D eigenvalue weighted by atomic mass is 10.3. The number of hydrogen-bond donors (Lipinski definition) is 2. The van der Waals surface area contributed by atoms with Crippen LogP contribution in [0.3, 0.4) is 0 Å². The number of carbonyl (C=O) groups is 1. The van der Waals surface area contributed by atoms with Gasteiger partial charge in [0.05, 0.1) is 4.90 Å². The Hall–Kier alpha value is -1.08. The van der Waals surface area contributed by atoms with Crippen molar-refractivity contribution in [1.29, 1.82) is 0 Å². The smallest absolute Gasteiger partial charge is 0.235 e. The van der Waals surface area contributed by atoms with E-state index in [-0.39, 0.29) is 10.9 Å². The van der Waals surface area contributed by atoms with Crippen LogP contribution in [0.25, 0.3) is 0 Å². The second kappa shape index (κ2) is 5.71. The molecule has 7 heteroatoms. The van der Waals surface area contributed by atoms with Crippen molar-refractivity contribution < 1.29 is 13.2 Å². The Kier molecular flexibility index (Phi) is 4.75. The summed E-state index contributed by atoms with van der Waals surface area (Å²) in [7, 11) is -3.67. The van der Waals surface area contributed by atoms with Crippen molar-refractivity contribution in [2.45, 2.75) is 24.8 Å². The summed E-state index contributed by atoms with van der Waals surface area (Å²) >= 11 is 3.13. The number of nitrogen functional groups attached to an aromatic ring is 1. The first kappa shape index (κ1) is 15.0. The fraction of sp³-hybridized carbons (Fsp3) is 0.364. The number of nitrogens with one attached hydrogen (secondary N) is 1. The Bertz CT molecular complexity index is 555. The van der Waals surface area contributed by atoms with Crippen molar-refractivity contribution in [3.63, 3.8) is 0 Å². The van der Waals surface area contributed by atoms with Crippen molar-refractivity contribution in [2.75, 3.05) is 11.5 Å². The molecule has 0 fully saturated rings. The van der Waals surface area contributed by atoms with Gasteiger partial charge in [-0.05, 0) is 48.0 Å². The topological polar surface area (TPSA) is 89.3 Å². The van der Waals surface area contributed by atoms with E-state index in [2.05, 4.69) is 21.2 Å². The molecular weight excluding hydrogens is 320 g/mol. The fourth-order valence-corrected chi connectivity index (χ4v) is 3.74. The lowest BCUT2D eigenvalue weighted by molar-refractivity contribution is -0.119. The second-order valence-corrected chi connectivity index (χ2v) is 6.98. The Balaban J connectivity index is 2.97. The molecule has 0 aliphatic heterocycles. The van der Waals surface area contributed by atoms with Crippen molar-refractivity contribution in [3.05, 3.63) is 22.7 Å². The van der Waals surface area contributed by atoms with Gasteiger partial charge in [0.25, 0.3) is 0 Å². The minimum Gasteiger partial charge on any atom is -0.399 e. The summed E-state index contributed by atoms with van der Waals surface area (Å²) in [4.78, 5) is 11.6. The van der Waals surface area contributed by atoms with E-state index >= 15 is 0 Å². The number of rotatable bonds is 4. The first-order valence-electron chi connectivity index (χ1n) is 5.29. The zero-order chi connectivity index (χ0) is 13.9. The summed E-state index contributed by atoms with van der Waals surface area (Å²) in [5.41, 5.74) is 5.99. The van der Waals surface area contributed by atoms with Crippen LogP contribution in [0.15, 0.2) is 27.6 Å². The van der Waals surface area contributed by atoms with Gasteiger partial charge in [0.15, 0.2) is 9.84 Å². The summed E-state index contributed by atoms with van der Waals surface area (Å²) in [5.74, 6) is -1.10. The number of benzene rings is 1. The first-order chi connectivity index (χ1) is 8.22. The molecule has 1 rings (SSSR count). The predicted molar refractivity (Wildman–Crippen MR) is 73.9 cm³/mol. The van der Waals surface area contributed by atoms with Gasteiger partial charge in [-0.3, -0.25) is 4.79 Å². The standard InChI is InChI=1S/C11H15BrN2O3S/c1-7(2)14-11(15)6-18(16,17)10-4-3-8(13)5-9(10)12/h3-5,7H,6,13H2,1-2H3,(H,14,15). The van der Waals surface area contributed by atoms with Crippen LogP contribution in [0.2, 0.25) is 0 Å². The molecule has 0 bridgehead atoms. The van der Waals surface area contributed by atoms with Crippen LogP contribution in [-0.2, 0) is 14.6 Å². The molecule has 5 nitrogen and oxygen atoms in total. The van der Waals surface area contributed by atoms with Gasteiger partial charge in [0.1, 0.15) is 5.75 Å². The predicted octanol–water partition coefficient (Wildman–Crippen LogP) is 1.33. The third-order valence-electron chi connectivity index (χ3n) is 2.06. The molecule has 18 heavy (non-hydrogen) atoms. The molecule has 0 heterocycles. The molecule has 0 radical (unpaired) electrons. The Morgan fingerprint density at radius 2 is 2.06 bits per heavy atom. The summed E-state index contributed by atoms with van der Waals surface area (Å²) in [5, 5.41) is 2.54. The van der Waals surface area contributed by atoms with Crippen LogP contribution in [0, 0.1) is 0 Å². The van der Waals surface area contributed by atoms with Crippen LogP contribution < -0.4 is 11.1 Å². The Morgan fingerprint density at radius 3 is 2.56 bits per heavy atom. The van der Waals surface area contributed by atoms with Crippen LogP contribution in [0.1, 0.15) is 13.8 Å². The van der Waals surface area contributed by atoms with Crippen molar-refractivity contribution >= 4 is 37.4 Å². The molecule has 0 spiro atoms. The van der Waals surface area contributed by atoms with Gasteiger partial charge in [-0.2, -0.15) is 0 Å². The highest BCUT2D eigenvalue weighted by Crippen LogP contribution is 2.25. The summed E-state index contributed by atoms with van der Waals surface area (Å²) in [6.45, 7) is 3.54. The van der Waals surface area contributed by atoms with E-state index in [1.165, 1.54) is 18.2 Å². The highest BCUT2D eigenvalue weighted by atomic mass is 79.9. The summed E-state index contributed by atoms with van der Waals surface area (Å²) in [6, 6.07) is 4.27. The van der Waals surface area contributed by atoms with Gasteiger partial charge in [-0.25, -0.2) is 8.42 Å². The number of sulfone groups is 1. The maximum absolute atomic E-state index is 12.0. The lowest BCUT2D eigenvalue weighted by Crippen LogP contribution is -2.35. The SMILES string of the molecule is CC(C)NC(=O)CS(=O)(=O)c1ccc(N)cc1Br. The fourth-order valence-electron chi connectivity index (χ4n) is 1.38. The quantitative estimate of drug-likeness (QED) is 0.813. The van der Waals surface area contributed by atoms with Gasteiger partial charge in [0.2, 0.25) is 5.91 Å². The van der Waals surface area contributed by atoms with Crippen LogP contribution in [-0.4, -0.2) is 26.1 Å². The number of amides is 1. The van der Waals surface area contributed by atoms with Crippen LogP contribution in [0.5, 0.6) is 0 Å². The molecule has 1 amide bonds. The van der Waals surface area contributed by atoms with Crippen molar-refractivity contribution in [3.8, 4) is 0 Å². The highest BCUT2D eigenvalue weighted by Gasteiger charge is 2.22. The molecule has 0 atom stereocenters. The molecule has 100 valence electrons. The Morgan fingerprint density at radius 1 is 1.44 bits per heavy atom. The van der Waals surface area contributed by atoms with Gasteiger partial charge < -0.3 is 11.1 Å². The van der Waals surface area contributed by atoms with E-state index < -0.39 is 21.5 Å². The van der Waals surface area contributed by atoms with Crippen LogP contribution >= 0.6 is 15.9 Å². The van der Waals surface area contributed by atoms with Crippen LogP contribution in [0.4, 0.5) is 5.69 Å². The summed E-state index contributed by atoms with van der Waals surface area (Å²) < 4.78 is 24.4. The van der Waals surface area contributed by atoms with Crippen molar-refractivity contribution in [2.24, 2.45) is 0 Å². The van der Waals surface area contributed by atoms with Gasteiger partial charge in [-0.15, -0.1) is 0 Å². The largest absolute Gasteiger partial charge is 0.399 e. The molecular formula is C11H15BrN2O3S. The number of hydrogen-bond acceptors (Lipinski definition) is 4. The highest BCUT2D eigenvalue weighted by molar-refractivity contribution is 9.10. The summed E-state index contributed by atoms with van der Waals surface area (Å²) in [6.07, 6.45) is 0. The average molecular weight is 335 g/mol. The monoisotopic (exact) mass is 334 g/mol. The van der Waals surface area contributed by atoms with E-state index in [1.807, 2.05) is 0 Å². The molecule has 0 saturated heterocycles. The van der Waals surface area contributed by atoms with E-state index in [0.717, 1.165) is 0 Å². The zero-order valence-electron chi connectivity index (χ0n) is 10.1. The third kappa shape index (κ3) is 3.99. The molecule has 0 saturated carbocycles. The third-order valence-corrected chi connectivity index (χ3v) is 4.65. The van der Waals surface area contributed by atoms with E-state index in [4.69, 9.17) is 5.73 Å². The van der Waals surface area contributed by atoms with Gasteiger partial charge in [0, 0.05) is 16.2 Å². The molecule has 1 aromatic carbocycles. The number of nitrogens with two attached hydrogens (primary N) is 1. The maximum Gasteiger partial charge on any atom is 0.235 e. The first-order valence-corrected chi connectivity index (χ1v) is 7.74. The molecule has 0 unspecified atom stereocenters. The van der Waals surface area contributed by atoms with Gasteiger partial charge in [-0.1, -0.05) is 0 Å². The minimum atomic E-state index is -3.67. The molecule has 0 aromatic heterocycles. The molecule has 0 aliphatic carbocycles. The second-order valence-electron chi connectivity index (χ2n) is 4.17. The lowest BCUT2D eigenvalue weighted by Gasteiger charge is -2.10. The van der Waals surface area contributed by atoms with Crippen molar-refractivity contribution in [1.82, 2.24) is 5.32 Å². The van der Waals surface area contributed by atoms with E-state index in [1.54, 1.807) is 13.8 Å². The Labute approximate surface area is 115 Å². The maximum atomic E-state index is 12.0. The average Bonchev–Trinajstić information content (AvgIpc) is 2.13. The zero-order valence-corrected chi connectivity index (χ0v) is 12.5. The molecule has 3 N–H and O–H groups in total. The van der Waals surface area contributed by atoms with E-state index in [9.17, 15) is 13.2 Å². The molecule has 1 aromatic rings. The van der Waals surface area contributed by atoms with Gasteiger partial charge >= 0.3 is 0 Å². The minimum absolute atomic E-state index is 0.0654. The normalized spacial score (nSPS) is 11.6. The number of anilines is 1.